The van der Waals surface area contributed by atoms with E-state index in [9.17, 15) is 0 Å². The predicted molar refractivity (Wildman–Crippen MR) is 82.6 cm³/mol. The Morgan fingerprint density at radius 2 is 1.58 bits per heavy atom. The van der Waals surface area contributed by atoms with Crippen LogP contribution in [0, 0.1) is 5.41 Å². The summed E-state index contributed by atoms with van der Waals surface area (Å²) in [5.41, 5.74) is 7.58. The summed E-state index contributed by atoms with van der Waals surface area (Å²) in [7, 11) is 0. The monoisotopic (exact) mass is 261 g/mol. The van der Waals surface area contributed by atoms with E-state index in [2.05, 4.69) is 30.9 Å². The van der Waals surface area contributed by atoms with E-state index in [4.69, 9.17) is 11.1 Å². The fourth-order valence-electron chi connectivity index (χ4n) is 2.08. The number of rotatable bonds is 9. The molecule has 0 bridgehead atoms. The largest absolute Gasteiger partial charge is 0.384 e. The number of hydrogen-bond acceptors (Lipinski definition) is 2. The lowest BCUT2D eigenvalue weighted by molar-refractivity contribution is 0.257. The smallest absolute Gasteiger partial charge is 0.122 e. The van der Waals surface area contributed by atoms with E-state index in [1.54, 1.807) is 0 Å². The molecule has 3 nitrogen and oxygen atoms in total. The molecule has 106 valence electrons. The van der Waals surface area contributed by atoms with Crippen LogP contribution >= 0.6 is 0 Å². The first-order chi connectivity index (χ1) is 9.17. The van der Waals surface area contributed by atoms with Gasteiger partial charge in [0.05, 0.1) is 0 Å². The third-order valence-electron chi connectivity index (χ3n) is 3.33. The van der Waals surface area contributed by atoms with Gasteiger partial charge >= 0.3 is 0 Å². The van der Waals surface area contributed by atoms with E-state index >= 15 is 0 Å². The molecule has 0 saturated heterocycles. The summed E-state index contributed by atoms with van der Waals surface area (Å²) in [6.07, 6.45) is 5.00. The van der Waals surface area contributed by atoms with Gasteiger partial charge in [-0.25, -0.2) is 0 Å². The van der Waals surface area contributed by atoms with Crippen LogP contribution in [0.4, 0.5) is 0 Å². The Morgan fingerprint density at radius 1 is 1.05 bits per heavy atom. The fraction of sp³-hybridized carbons (Fsp3) is 0.562. The van der Waals surface area contributed by atoms with Crippen LogP contribution in [0.15, 0.2) is 24.3 Å². The third-order valence-corrected chi connectivity index (χ3v) is 3.33. The molecule has 0 amide bonds. The van der Waals surface area contributed by atoms with Crippen LogP contribution in [0.3, 0.4) is 0 Å². The molecule has 19 heavy (non-hydrogen) atoms. The van der Waals surface area contributed by atoms with Crippen molar-refractivity contribution in [1.82, 2.24) is 4.90 Å². The fourth-order valence-corrected chi connectivity index (χ4v) is 2.08. The second-order valence-corrected chi connectivity index (χ2v) is 5.09. The minimum absolute atomic E-state index is 0.139. The quantitative estimate of drug-likeness (QED) is 0.529. The van der Waals surface area contributed by atoms with Crippen molar-refractivity contribution in [1.29, 1.82) is 5.41 Å². The lowest BCUT2D eigenvalue weighted by Crippen LogP contribution is -2.25. The molecular formula is C16H27N3. The van der Waals surface area contributed by atoms with E-state index in [-0.39, 0.29) is 5.84 Å². The number of unbranched alkanes of at least 4 members (excludes halogenated alkanes) is 2. The summed E-state index contributed by atoms with van der Waals surface area (Å²) < 4.78 is 0. The van der Waals surface area contributed by atoms with E-state index in [1.165, 1.54) is 44.3 Å². The molecule has 0 spiro atoms. The minimum Gasteiger partial charge on any atom is -0.384 e. The Balaban J connectivity index is 2.58. The zero-order valence-electron chi connectivity index (χ0n) is 12.3. The van der Waals surface area contributed by atoms with Crippen molar-refractivity contribution in [2.45, 2.75) is 46.1 Å². The molecule has 0 aliphatic rings. The van der Waals surface area contributed by atoms with Crippen LogP contribution in [0.1, 0.15) is 50.7 Å². The predicted octanol–water partition coefficient (Wildman–Crippen LogP) is 3.37. The molecule has 3 heteroatoms. The van der Waals surface area contributed by atoms with Crippen LogP contribution in [0.5, 0.6) is 0 Å². The molecule has 0 radical (unpaired) electrons. The van der Waals surface area contributed by atoms with E-state index in [0.717, 1.165) is 12.1 Å². The Labute approximate surface area is 117 Å². The standard InChI is InChI=1S/C16H27N3/c1-3-5-11-19(12-6-4-2)13-14-7-9-15(10-8-14)16(17)18/h7-10H,3-6,11-13H2,1-2H3,(H3,17,18). The molecule has 0 aliphatic carbocycles. The lowest BCUT2D eigenvalue weighted by Gasteiger charge is -2.22. The topological polar surface area (TPSA) is 53.1 Å². The highest BCUT2D eigenvalue weighted by atomic mass is 15.1. The van der Waals surface area contributed by atoms with Crippen LogP contribution in [0.2, 0.25) is 0 Å². The molecule has 1 aromatic carbocycles. The molecule has 3 N–H and O–H groups in total. The molecule has 0 fully saturated rings. The Bertz CT molecular complexity index is 362. The van der Waals surface area contributed by atoms with Gasteiger partial charge in [-0.1, -0.05) is 51.0 Å². The highest BCUT2D eigenvalue weighted by Crippen LogP contribution is 2.09. The average molecular weight is 261 g/mol. The number of nitrogens with one attached hydrogen (secondary N) is 1. The van der Waals surface area contributed by atoms with Crippen LogP contribution in [-0.4, -0.2) is 23.8 Å². The average Bonchev–Trinajstić information content (AvgIpc) is 2.42. The molecule has 0 atom stereocenters. The summed E-state index contributed by atoms with van der Waals surface area (Å²) >= 11 is 0. The molecule has 1 aromatic rings. The molecule has 0 aromatic heterocycles. The number of hydrogen-bond donors (Lipinski definition) is 2. The zero-order valence-corrected chi connectivity index (χ0v) is 12.3. The normalized spacial score (nSPS) is 10.9. The molecule has 0 unspecified atom stereocenters. The van der Waals surface area contributed by atoms with Gasteiger partial charge < -0.3 is 5.73 Å². The maximum absolute atomic E-state index is 7.40. The van der Waals surface area contributed by atoms with Gasteiger partial charge in [0.25, 0.3) is 0 Å². The summed E-state index contributed by atoms with van der Waals surface area (Å²) in [6, 6.07) is 8.05. The van der Waals surface area contributed by atoms with Crippen LogP contribution in [-0.2, 0) is 6.54 Å². The maximum atomic E-state index is 7.40. The van der Waals surface area contributed by atoms with Gasteiger partial charge in [0.15, 0.2) is 0 Å². The maximum Gasteiger partial charge on any atom is 0.122 e. The summed E-state index contributed by atoms with van der Waals surface area (Å²) in [6.45, 7) is 7.81. The SMILES string of the molecule is CCCCN(CCCC)Cc1ccc(C(=N)N)cc1. The molecular weight excluding hydrogens is 234 g/mol. The van der Waals surface area contributed by atoms with Gasteiger partial charge in [-0.2, -0.15) is 0 Å². The summed E-state index contributed by atoms with van der Waals surface area (Å²) in [5.74, 6) is 0.139. The van der Waals surface area contributed by atoms with E-state index in [0.29, 0.717) is 0 Å². The number of amidine groups is 1. The van der Waals surface area contributed by atoms with Gasteiger partial charge in [0, 0.05) is 12.1 Å². The second-order valence-electron chi connectivity index (χ2n) is 5.09. The Kier molecular flexibility index (Phi) is 7.19. The summed E-state index contributed by atoms with van der Waals surface area (Å²) in [5, 5.41) is 7.40. The van der Waals surface area contributed by atoms with Crippen molar-refractivity contribution in [3.05, 3.63) is 35.4 Å². The number of nitrogens with two attached hydrogens (primary N) is 1. The molecule has 0 heterocycles. The van der Waals surface area contributed by atoms with Gasteiger partial charge in [-0.05, 0) is 31.5 Å². The Hall–Kier alpha value is -1.35. The van der Waals surface area contributed by atoms with Crippen molar-refractivity contribution in [2.24, 2.45) is 5.73 Å². The Morgan fingerprint density at radius 3 is 2.00 bits per heavy atom. The first kappa shape index (κ1) is 15.7. The second kappa shape index (κ2) is 8.70. The van der Waals surface area contributed by atoms with Crippen molar-refractivity contribution < 1.29 is 0 Å². The number of nitrogens with zero attached hydrogens (tertiary/aromatic N) is 1. The molecule has 0 saturated carbocycles. The molecule has 1 rings (SSSR count). The highest BCUT2D eigenvalue weighted by Gasteiger charge is 2.05. The number of nitrogen functional groups attached to an aromatic ring is 1. The minimum atomic E-state index is 0.139. The van der Waals surface area contributed by atoms with Gasteiger partial charge in [0.1, 0.15) is 5.84 Å². The van der Waals surface area contributed by atoms with Crippen molar-refractivity contribution in [3.63, 3.8) is 0 Å². The lowest BCUT2D eigenvalue weighted by atomic mass is 10.1. The van der Waals surface area contributed by atoms with E-state index < -0.39 is 0 Å². The van der Waals surface area contributed by atoms with Crippen molar-refractivity contribution in [3.8, 4) is 0 Å². The first-order valence-corrected chi connectivity index (χ1v) is 7.33. The van der Waals surface area contributed by atoms with Crippen LogP contribution in [0.25, 0.3) is 0 Å². The van der Waals surface area contributed by atoms with Crippen molar-refractivity contribution in [2.75, 3.05) is 13.1 Å². The summed E-state index contributed by atoms with van der Waals surface area (Å²) in [4.78, 5) is 2.52. The van der Waals surface area contributed by atoms with Crippen LogP contribution < -0.4 is 5.73 Å². The van der Waals surface area contributed by atoms with Gasteiger partial charge in [0.2, 0.25) is 0 Å². The highest BCUT2D eigenvalue weighted by molar-refractivity contribution is 5.94. The first-order valence-electron chi connectivity index (χ1n) is 7.33. The third kappa shape index (κ3) is 5.88. The molecule has 0 aliphatic heterocycles. The van der Waals surface area contributed by atoms with Crippen molar-refractivity contribution >= 4 is 5.84 Å². The van der Waals surface area contributed by atoms with Gasteiger partial charge in [-0.3, -0.25) is 10.3 Å². The zero-order chi connectivity index (χ0) is 14.1. The van der Waals surface area contributed by atoms with Gasteiger partial charge in [-0.15, -0.1) is 0 Å². The van der Waals surface area contributed by atoms with E-state index in [1.807, 2.05) is 12.1 Å². The number of benzene rings is 1.